The summed E-state index contributed by atoms with van der Waals surface area (Å²) < 4.78 is 10.8. The van der Waals surface area contributed by atoms with Crippen molar-refractivity contribution in [1.29, 1.82) is 0 Å². The number of rotatable bonds is 8. The van der Waals surface area contributed by atoms with Crippen molar-refractivity contribution < 1.29 is 19.1 Å². The Morgan fingerprint density at radius 2 is 2.14 bits per heavy atom. The predicted molar refractivity (Wildman–Crippen MR) is 108 cm³/mol. The molecule has 1 unspecified atom stereocenters. The van der Waals surface area contributed by atoms with Crippen molar-refractivity contribution >= 4 is 28.3 Å². The molecule has 8 heteroatoms. The maximum atomic E-state index is 12.9. The van der Waals surface area contributed by atoms with Gasteiger partial charge in [0, 0.05) is 18.5 Å². The number of carbonyl (C=O) groups is 2. The SMILES string of the molecule is COc1ccc(CC(=O)N(CC(=O)Nc2nc(C)cs2)CC2CCCO2)cc1. The first-order valence-electron chi connectivity index (χ1n) is 9.28. The topological polar surface area (TPSA) is 80.8 Å². The largest absolute Gasteiger partial charge is 0.497 e. The highest BCUT2D eigenvalue weighted by atomic mass is 32.1. The number of nitrogens with zero attached hydrogens (tertiary/aromatic N) is 2. The lowest BCUT2D eigenvalue weighted by atomic mass is 10.1. The quantitative estimate of drug-likeness (QED) is 0.733. The smallest absolute Gasteiger partial charge is 0.245 e. The third-order valence-electron chi connectivity index (χ3n) is 4.51. The van der Waals surface area contributed by atoms with Gasteiger partial charge >= 0.3 is 0 Å². The summed E-state index contributed by atoms with van der Waals surface area (Å²) in [5, 5.41) is 5.18. The fraction of sp³-hybridized carbons (Fsp3) is 0.450. The molecule has 28 heavy (non-hydrogen) atoms. The molecular formula is C20H25N3O4S. The first-order chi connectivity index (χ1) is 13.5. The Labute approximate surface area is 168 Å². The Bertz CT molecular complexity index is 800. The lowest BCUT2D eigenvalue weighted by Gasteiger charge is -2.25. The molecule has 0 radical (unpaired) electrons. The third-order valence-corrected chi connectivity index (χ3v) is 5.39. The van der Waals surface area contributed by atoms with Crippen molar-refractivity contribution in [3.63, 3.8) is 0 Å². The molecule has 1 aromatic heterocycles. The van der Waals surface area contributed by atoms with E-state index in [9.17, 15) is 9.59 Å². The van der Waals surface area contributed by atoms with Gasteiger partial charge in [-0.05, 0) is 37.5 Å². The van der Waals surface area contributed by atoms with Crippen LogP contribution in [0.4, 0.5) is 5.13 Å². The maximum absolute atomic E-state index is 12.9. The minimum absolute atomic E-state index is 0.0188. The molecule has 1 fully saturated rings. The Morgan fingerprint density at radius 1 is 1.36 bits per heavy atom. The van der Waals surface area contributed by atoms with Crippen LogP contribution >= 0.6 is 11.3 Å². The zero-order chi connectivity index (χ0) is 19.9. The zero-order valence-corrected chi connectivity index (χ0v) is 17.0. The van der Waals surface area contributed by atoms with Crippen molar-refractivity contribution in [3.8, 4) is 5.75 Å². The lowest BCUT2D eigenvalue weighted by molar-refractivity contribution is -0.135. The molecule has 3 rings (SSSR count). The monoisotopic (exact) mass is 403 g/mol. The normalized spacial score (nSPS) is 16.0. The van der Waals surface area contributed by atoms with Crippen LogP contribution in [0.15, 0.2) is 29.6 Å². The molecular weight excluding hydrogens is 378 g/mol. The Balaban J connectivity index is 1.64. The molecule has 1 aliphatic rings. The van der Waals surface area contributed by atoms with Crippen molar-refractivity contribution in [1.82, 2.24) is 9.88 Å². The number of hydrogen-bond acceptors (Lipinski definition) is 6. The number of methoxy groups -OCH3 is 1. The molecule has 0 bridgehead atoms. The van der Waals surface area contributed by atoms with Gasteiger partial charge in [-0.15, -0.1) is 11.3 Å². The molecule has 0 aliphatic carbocycles. The number of anilines is 1. The highest BCUT2D eigenvalue weighted by Crippen LogP contribution is 2.17. The highest BCUT2D eigenvalue weighted by molar-refractivity contribution is 7.13. The van der Waals surface area contributed by atoms with Crippen LogP contribution < -0.4 is 10.1 Å². The van der Waals surface area contributed by atoms with E-state index < -0.39 is 0 Å². The second-order valence-electron chi connectivity index (χ2n) is 6.78. The van der Waals surface area contributed by atoms with Crippen LogP contribution in [0.25, 0.3) is 0 Å². The van der Waals surface area contributed by atoms with Crippen LogP contribution in [0.2, 0.25) is 0 Å². The summed E-state index contributed by atoms with van der Waals surface area (Å²) in [5.41, 5.74) is 1.73. The number of aromatic nitrogens is 1. The Hall–Kier alpha value is -2.45. The summed E-state index contributed by atoms with van der Waals surface area (Å²) in [5.74, 6) is 0.382. The minimum atomic E-state index is -0.254. The molecule has 1 aliphatic heterocycles. The summed E-state index contributed by atoms with van der Waals surface area (Å²) in [6, 6.07) is 7.37. The van der Waals surface area contributed by atoms with Gasteiger partial charge in [-0.1, -0.05) is 12.1 Å². The first-order valence-corrected chi connectivity index (χ1v) is 10.2. The lowest BCUT2D eigenvalue weighted by Crippen LogP contribution is -2.43. The van der Waals surface area contributed by atoms with Crippen molar-refractivity contribution in [3.05, 3.63) is 40.9 Å². The van der Waals surface area contributed by atoms with E-state index in [0.29, 0.717) is 18.3 Å². The van der Waals surface area contributed by atoms with Gasteiger partial charge in [0.25, 0.3) is 0 Å². The summed E-state index contributed by atoms with van der Waals surface area (Å²) in [6.45, 7) is 2.97. The summed E-state index contributed by atoms with van der Waals surface area (Å²) in [4.78, 5) is 31.2. The maximum Gasteiger partial charge on any atom is 0.245 e. The Morgan fingerprint density at radius 3 is 2.75 bits per heavy atom. The van der Waals surface area contributed by atoms with Crippen LogP contribution in [0.5, 0.6) is 5.75 Å². The van der Waals surface area contributed by atoms with E-state index in [1.807, 2.05) is 36.6 Å². The van der Waals surface area contributed by atoms with E-state index in [0.717, 1.165) is 29.8 Å². The molecule has 1 atom stereocenters. The molecule has 2 amide bonds. The summed E-state index contributed by atoms with van der Waals surface area (Å²) >= 11 is 1.37. The number of nitrogens with one attached hydrogen (secondary N) is 1. The van der Waals surface area contributed by atoms with Crippen LogP contribution in [-0.4, -0.2) is 54.6 Å². The van der Waals surface area contributed by atoms with E-state index in [-0.39, 0.29) is 30.9 Å². The van der Waals surface area contributed by atoms with Gasteiger partial charge in [-0.25, -0.2) is 4.98 Å². The fourth-order valence-corrected chi connectivity index (χ4v) is 3.77. The van der Waals surface area contributed by atoms with Crippen molar-refractivity contribution in [2.45, 2.75) is 32.3 Å². The van der Waals surface area contributed by atoms with Crippen LogP contribution in [-0.2, 0) is 20.7 Å². The van der Waals surface area contributed by atoms with Crippen LogP contribution in [0, 0.1) is 6.92 Å². The number of benzene rings is 1. The van der Waals surface area contributed by atoms with E-state index in [1.165, 1.54) is 11.3 Å². The van der Waals surface area contributed by atoms with E-state index in [2.05, 4.69) is 10.3 Å². The molecule has 2 heterocycles. The van der Waals surface area contributed by atoms with Gasteiger partial charge in [-0.3, -0.25) is 9.59 Å². The van der Waals surface area contributed by atoms with Gasteiger partial charge in [0.1, 0.15) is 12.3 Å². The van der Waals surface area contributed by atoms with Crippen molar-refractivity contribution in [2.24, 2.45) is 0 Å². The standard InChI is InChI=1S/C20H25N3O4S/c1-14-13-28-20(21-14)22-18(24)12-23(11-17-4-3-9-27-17)19(25)10-15-5-7-16(26-2)8-6-15/h5-8,13,17H,3-4,9-12H2,1-2H3,(H,21,22,24). The van der Waals surface area contributed by atoms with Gasteiger partial charge in [0.15, 0.2) is 5.13 Å². The molecule has 0 spiro atoms. The fourth-order valence-electron chi connectivity index (χ4n) is 3.06. The van der Waals surface area contributed by atoms with Gasteiger partial charge < -0.3 is 19.7 Å². The number of amides is 2. The number of thiazole rings is 1. The van der Waals surface area contributed by atoms with E-state index in [1.54, 1.807) is 12.0 Å². The molecule has 1 saturated heterocycles. The number of aryl methyl sites for hydroxylation is 1. The third kappa shape index (κ3) is 5.77. The summed E-state index contributed by atoms with van der Waals surface area (Å²) in [7, 11) is 1.60. The van der Waals surface area contributed by atoms with Gasteiger partial charge in [0.2, 0.25) is 11.8 Å². The zero-order valence-electron chi connectivity index (χ0n) is 16.1. The molecule has 0 saturated carbocycles. The molecule has 1 aromatic carbocycles. The van der Waals surface area contributed by atoms with E-state index in [4.69, 9.17) is 9.47 Å². The van der Waals surface area contributed by atoms with Crippen LogP contribution in [0.1, 0.15) is 24.1 Å². The predicted octanol–water partition coefficient (Wildman–Crippen LogP) is 2.65. The van der Waals surface area contributed by atoms with Crippen molar-refractivity contribution in [2.75, 3.05) is 32.1 Å². The first kappa shape index (κ1) is 20.3. The second kappa shape index (κ2) is 9.66. The van der Waals surface area contributed by atoms with Gasteiger partial charge in [0.05, 0.1) is 25.3 Å². The van der Waals surface area contributed by atoms with E-state index >= 15 is 0 Å². The molecule has 150 valence electrons. The molecule has 2 aromatic rings. The Kier molecular flexibility index (Phi) is 7.00. The molecule has 7 nitrogen and oxygen atoms in total. The highest BCUT2D eigenvalue weighted by Gasteiger charge is 2.24. The number of hydrogen-bond donors (Lipinski definition) is 1. The number of carbonyl (C=O) groups excluding carboxylic acids is 2. The van der Waals surface area contributed by atoms with Gasteiger partial charge in [-0.2, -0.15) is 0 Å². The second-order valence-corrected chi connectivity index (χ2v) is 7.63. The average Bonchev–Trinajstić information content (AvgIpc) is 3.33. The minimum Gasteiger partial charge on any atom is -0.497 e. The van der Waals surface area contributed by atoms with Crippen LogP contribution in [0.3, 0.4) is 0 Å². The summed E-state index contributed by atoms with van der Waals surface area (Å²) in [6.07, 6.45) is 2.09. The number of ether oxygens (including phenoxy) is 2. The average molecular weight is 404 g/mol. The molecule has 1 N–H and O–H groups in total.